The SMILES string of the molecule is CN1/C(=C/C=C/C=C/C2=[N+](C)c3ccccc3C2(C)C)C(C)(CCCCCC(=O)ON2C(=O)CCC2=O)c2ccccc21. The average Bonchev–Trinajstić information content (AvgIpc) is 3.49. The van der Waals surface area contributed by atoms with Gasteiger partial charge in [0.1, 0.15) is 7.05 Å². The summed E-state index contributed by atoms with van der Waals surface area (Å²) in [7, 11) is 4.26. The van der Waals surface area contributed by atoms with Crippen LogP contribution in [0.2, 0.25) is 0 Å². The fraction of sp³-hybridized carbons (Fsp3) is 0.389. The van der Waals surface area contributed by atoms with E-state index in [0.29, 0.717) is 11.5 Å². The van der Waals surface area contributed by atoms with Gasteiger partial charge in [-0.15, -0.1) is 5.06 Å². The van der Waals surface area contributed by atoms with E-state index in [0.717, 1.165) is 19.3 Å². The van der Waals surface area contributed by atoms with E-state index in [2.05, 4.69) is 123 Å². The van der Waals surface area contributed by atoms with Gasteiger partial charge in [0.05, 0.1) is 5.41 Å². The van der Waals surface area contributed by atoms with Gasteiger partial charge in [0, 0.05) is 60.8 Å². The van der Waals surface area contributed by atoms with Gasteiger partial charge in [0.15, 0.2) is 5.71 Å². The number of amides is 2. The standard InChI is InChI=1S/C36H42N3O4/c1-35(2)26-16-11-13-18-28(26)37(4)30(35)20-8-6-9-21-31-36(3,27-17-12-14-19-29(27)38(31)5)25-15-7-10-22-34(42)43-39-32(40)23-24-33(39)41/h6,8-9,11-14,16-21H,7,10,15,22-25H2,1-5H3/q+1. The summed E-state index contributed by atoms with van der Waals surface area (Å²) in [6.07, 6.45) is 14.5. The molecule has 0 aliphatic carbocycles. The van der Waals surface area contributed by atoms with E-state index in [9.17, 15) is 14.4 Å². The lowest BCUT2D eigenvalue weighted by atomic mass is 9.77. The molecule has 3 heterocycles. The molecular weight excluding hydrogens is 538 g/mol. The van der Waals surface area contributed by atoms with Gasteiger partial charge in [-0.25, -0.2) is 4.79 Å². The molecule has 2 aromatic carbocycles. The maximum atomic E-state index is 12.2. The molecule has 0 bridgehead atoms. The Kier molecular flexibility index (Phi) is 8.54. The number of nitrogens with zero attached hydrogens (tertiary/aromatic N) is 3. The summed E-state index contributed by atoms with van der Waals surface area (Å²) in [6, 6.07) is 17.1. The molecule has 0 N–H and O–H groups in total. The first kappa shape index (κ1) is 30.2. The highest BCUT2D eigenvalue weighted by Crippen LogP contribution is 2.49. The summed E-state index contributed by atoms with van der Waals surface area (Å²) in [5.41, 5.74) is 7.40. The van der Waals surface area contributed by atoms with Gasteiger partial charge < -0.3 is 9.74 Å². The molecule has 2 amide bonds. The summed E-state index contributed by atoms with van der Waals surface area (Å²) >= 11 is 0. The first-order chi connectivity index (χ1) is 20.6. The maximum Gasteiger partial charge on any atom is 0.333 e. The molecule has 0 spiro atoms. The van der Waals surface area contributed by atoms with Crippen LogP contribution >= 0.6 is 0 Å². The maximum absolute atomic E-state index is 12.2. The minimum Gasteiger partial charge on any atom is -0.347 e. The molecule has 1 fully saturated rings. The topological polar surface area (TPSA) is 69.9 Å². The number of allylic oxidation sites excluding steroid dienone is 6. The molecule has 224 valence electrons. The number of hydrogen-bond acceptors (Lipinski definition) is 5. The molecule has 3 aliphatic rings. The average molecular weight is 581 g/mol. The second-order valence-corrected chi connectivity index (χ2v) is 12.4. The van der Waals surface area contributed by atoms with Gasteiger partial charge in [-0.05, 0) is 51.3 Å². The van der Waals surface area contributed by atoms with Crippen molar-refractivity contribution >= 4 is 34.9 Å². The van der Waals surface area contributed by atoms with Gasteiger partial charge in [-0.1, -0.05) is 67.5 Å². The number of likely N-dealkylation sites (N-methyl/N-ethyl adjacent to an activating group) is 1. The Morgan fingerprint density at radius 2 is 1.58 bits per heavy atom. The number of fused-ring (bicyclic) bond motifs is 2. The van der Waals surface area contributed by atoms with Gasteiger partial charge in [-0.2, -0.15) is 4.58 Å². The van der Waals surface area contributed by atoms with Gasteiger partial charge in [0.2, 0.25) is 5.69 Å². The third-order valence-corrected chi connectivity index (χ3v) is 9.21. The van der Waals surface area contributed by atoms with E-state index in [4.69, 9.17) is 4.84 Å². The molecule has 3 aliphatic heterocycles. The van der Waals surface area contributed by atoms with Crippen molar-refractivity contribution in [3.63, 3.8) is 0 Å². The van der Waals surface area contributed by atoms with E-state index in [-0.39, 0.29) is 30.1 Å². The summed E-state index contributed by atoms with van der Waals surface area (Å²) in [4.78, 5) is 42.9. The summed E-state index contributed by atoms with van der Waals surface area (Å²) < 4.78 is 2.28. The van der Waals surface area contributed by atoms with Gasteiger partial charge in [0.25, 0.3) is 11.8 Å². The number of para-hydroxylation sites is 2. The van der Waals surface area contributed by atoms with Crippen molar-refractivity contribution < 1.29 is 23.8 Å². The Hall–Kier alpha value is -4.26. The zero-order valence-electron chi connectivity index (χ0n) is 25.9. The number of benzene rings is 2. The second-order valence-electron chi connectivity index (χ2n) is 12.4. The minimum atomic E-state index is -0.534. The van der Waals surface area contributed by atoms with Crippen LogP contribution in [-0.4, -0.2) is 47.2 Å². The molecule has 5 rings (SSSR count). The van der Waals surface area contributed by atoms with E-state index < -0.39 is 17.8 Å². The first-order valence-corrected chi connectivity index (χ1v) is 15.2. The predicted molar refractivity (Wildman–Crippen MR) is 169 cm³/mol. The van der Waals surface area contributed by atoms with Crippen LogP contribution in [0.25, 0.3) is 0 Å². The third-order valence-electron chi connectivity index (χ3n) is 9.21. The van der Waals surface area contributed by atoms with Crippen LogP contribution < -0.4 is 4.90 Å². The molecule has 1 saturated heterocycles. The van der Waals surface area contributed by atoms with Crippen molar-refractivity contribution in [1.82, 2.24) is 5.06 Å². The van der Waals surface area contributed by atoms with Crippen LogP contribution in [-0.2, 0) is 30.1 Å². The molecule has 7 heteroatoms. The van der Waals surface area contributed by atoms with E-state index in [1.54, 1.807) is 0 Å². The highest BCUT2D eigenvalue weighted by atomic mass is 16.7. The monoisotopic (exact) mass is 580 g/mol. The second kappa shape index (κ2) is 12.2. The van der Waals surface area contributed by atoms with Crippen LogP contribution in [0.4, 0.5) is 11.4 Å². The Labute approximate surface area is 254 Å². The van der Waals surface area contributed by atoms with Gasteiger partial charge in [-0.3, -0.25) is 9.59 Å². The highest BCUT2D eigenvalue weighted by Gasteiger charge is 2.43. The largest absolute Gasteiger partial charge is 0.347 e. The zero-order valence-corrected chi connectivity index (χ0v) is 25.9. The number of rotatable bonds is 10. The van der Waals surface area contributed by atoms with Crippen LogP contribution in [0.15, 0.2) is 84.6 Å². The zero-order chi connectivity index (χ0) is 30.8. The normalized spacial score (nSPS) is 22.0. The molecular formula is C36H42N3O4+. The fourth-order valence-electron chi connectivity index (χ4n) is 6.82. The Bertz CT molecular complexity index is 1550. The summed E-state index contributed by atoms with van der Waals surface area (Å²) in [5, 5.41) is 0.624. The molecule has 0 saturated carbocycles. The first-order valence-electron chi connectivity index (χ1n) is 15.2. The van der Waals surface area contributed by atoms with Crippen molar-refractivity contribution in [2.24, 2.45) is 0 Å². The number of carbonyl (C=O) groups is 3. The van der Waals surface area contributed by atoms with Crippen LogP contribution in [0.3, 0.4) is 0 Å². The van der Waals surface area contributed by atoms with E-state index >= 15 is 0 Å². The number of anilines is 1. The Morgan fingerprint density at radius 1 is 0.907 bits per heavy atom. The molecule has 2 aromatic rings. The Balaban J connectivity index is 1.23. The summed E-state index contributed by atoms with van der Waals surface area (Å²) in [5.74, 6) is -1.43. The van der Waals surface area contributed by atoms with Crippen LogP contribution in [0.1, 0.15) is 76.8 Å². The number of hydrogen-bond donors (Lipinski definition) is 0. The number of carbonyl (C=O) groups excluding carboxylic acids is 3. The lowest BCUT2D eigenvalue weighted by Crippen LogP contribution is -2.31. The van der Waals surface area contributed by atoms with Crippen molar-refractivity contribution in [3.8, 4) is 0 Å². The lowest BCUT2D eigenvalue weighted by molar-refractivity contribution is -0.401. The van der Waals surface area contributed by atoms with E-state index in [1.807, 2.05) is 0 Å². The molecule has 1 atom stereocenters. The van der Waals surface area contributed by atoms with E-state index in [1.165, 1.54) is 33.9 Å². The molecule has 0 aromatic heterocycles. The number of imide groups is 1. The molecule has 43 heavy (non-hydrogen) atoms. The quantitative estimate of drug-likeness (QED) is 0.136. The molecule has 1 unspecified atom stereocenters. The smallest absolute Gasteiger partial charge is 0.333 e. The van der Waals surface area contributed by atoms with Crippen molar-refractivity contribution in [2.45, 2.75) is 76.5 Å². The van der Waals surface area contributed by atoms with Gasteiger partial charge >= 0.3 is 5.97 Å². The number of unbranched alkanes of at least 4 members (excludes halogenated alkanes) is 2. The van der Waals surface area contributed by atoms with Crippen molar-refractivity contribution in [3.05, 3.63) is 95.7 Å². The van der Waals surface area contributed by atoms with Crippen LogP contribution in [0, 0.1) is 0 Å². The van der Waals surface area contributed by atoms with Crippen molar-refractivity contribution in [1.29, 1.82) is 0 Å². The van der Waals surface area contributed by atoms with Crippen molar-refractivity contribution in [2.75, 3.05) is 19.0 Å². The third kappa shape index (κ3) is 5.73. The Morgan fingerprint density at radius 3 is 2.30 bits per heavy atom. The highest BCUT2D eigenvalue weighted by molar-refractivity contribution is 6.03. The molecule has 0 radical (unpaired) electrons. The fourth-order valence-corrected chi connectivity index (χ4v) is 6.82. The van der Waals surface area contributed by atoms with Crippen LogP contribution in [0.5, 0.6) is 0 Å². The predicted octanol–water partition coefficient (Wildman–Crippen LogP) is 6.65. The minimum absolute atomic E-state index is 0.0558. The summed E-state index contributed by atoms with van der Waals surface area (Å²) in [6.45, 7) is 6.84. The molecule has 7 nitrogen and oxygen atoms in total. The number of hydroxylamine groups is 2. The lowest BCUT2D eigenvalue weighted by Gasteiger charge is -2.29.